The number of nitrogens with zero attached hydrogens (tertiary/aromatic N) is 1. The van der Waals surface area contributed by atoms with Gasteiger partial charge in [-0.05, 0) is 11.6 Å². The highest BCUT2D eigenvalue weighted by molar-refractivity contribution is 7.89. The van der Waals surface area contributed by atoms with Crippen LogP contribution >= 0.6 is 0 Å². The van der Waals surface area contributed by atoms with Crippen LogP contribution in [0.25, 0.3) is 0 Å². The fourth-order valence-electron chi connectivity index (χ4n) is 1.60. The minimum atomic E-state index is -3.83. The number of halogens is 1. The zero-order valence-corrected chi connectivity index (χ0v) is 11.7. The first-order chi connectivity index (χ1) is 9.88. The molecule has 110 valence electrons. The monoisotopic (exact) mass is 308 g/mol. The summed E-state index contributed by atoms with van der Waals surface area (Å²) in [6, 6.07) is 7.45. The smallest absolute Gasteiger partial charge is 0.242 e. The zero-order valence-electron chi connectivity index (χ0n) is 10.9. The van der Waals surface area contributed by atoms with Crippen LogP contribution in [0, 0.1) is 11.2 Å². The SMILES string of the molecule is N=C(N)c1ccc(CNS(=O)(=O)c2cncc(F)c2)cc1. The van der Waals surface area contributed by atoms with Gasteiger partial charge >= 0.3 is 0 Å². The molecule has 0 bridgehead atoms. The number of sulfonamides is 1. The molecular formula is C13H13FN4O2S. The normalized spacial score (nSPS) is 11.3. The van der Waals surface area contributed by atoms with E-state index in [0.29, 0.717) is 11.1 Å². The summed E-state index contributed by atoms with van der Waals surface area (Å²) >= 11 is 0. The molecule has 0 spiro atoms. The van der Waals surface area contributed by atoms with E-state index in [0.717, 1.165) is 18.5 Å². The molecule has 2 rings (SSSR count). The number of benzene rings is 1. The lowest BCUT2D eigenvalue weighted by Crippen LogP contribution is -2.23. The molecular weight excluding hydrogens is 295 g/mol. The summed E-state index contributed by atoms with van der Waals surface area (Å²) < 4.78 is 39.3. The van der Waals surface area contributed by atoms with Gasteiger partial charge in [-0.1, -0.05) is 24.3 Å². The van der Waals surface area contributed by atoms with Gasteiger partial charge < -0.3 is 5.73 Å². The Bertz CT molecular complexity index is 760. The lowest BCUT2D eigenvalue weighted by Gasteiger charge is -2.07. The lowest BCUT2D eigenvalue weighted by molar-refractivity contribution is 0.575. The topological polar surface area (TPSA) is 109 Å². The van der Waals surface area contributed by atoms with Crippen LogP contribution in [-0.2, 0) is 16.6 Å². The third-order valence-electron chi connectivity index (χ3n) is 2.72. The zero-order chi connectivity index (χ0) is 15.5. The standard InChI is InChI=1S/C13H13FN4O2S/c14-11-5-12(8-17-7-11)21(19,20)18-6-9-1-3-10(4-2-9)13(15)16/h1-5,7-8,18H,6H2,(H3,15,16). The van der Waals surface area contributed by atoms with E-state index < -0.39 is 15.8 Å². The molecule has 0 unspecified atom stereocenters. The van der Waals surface area contributed by atoms with E-state index in [1.54, 1.807) is 24.3 Å². The predicted octanol–water partition coefficient (Wildman–Crippen LogP) is 0.983. The first-order valence-electron chi connectivity index (χ1n) is 5.92. The molecule has 8 heteroatoms. The average Bonchev–Trinajstić information content (AvgIpc) is 2.45. The molecule has 1 aromatic carbocycles. The maximum atomic E-state index is 13.0. The highest BCUT2D eigenvalue weighted by Gasteiger charge is 2.14. The van der Waals surface area contributed by atoms with Gasteiger partial charge in [0.15, 0.2) is 0 Å². The summed E-state index contributed by atoms with van der Waals surface area (Å²) in [5, 5.41) is 7.26. The Balaban J connectivity index is 2.10. The Kier molecular flexibility index (Phi) is 4.29. The van der Waals surface area contributed by atoms with Crippen molar-refractivity contribution in [2.75, 3.05) is 0 Å². The second-order valence-electron chi connectivity index (χ2n) is 4.27. The minimum Gasteiger partial charge on any atom is -0.384 e. The highest BCUT2D eigenvalue weighted by Crippen LogP contribution is 2.10. The second kappa shape index (κ2) is 5.98. The molecule has 4 N–H and O–H groups in total. The molecule has 1 heterocycles. The van der Waals surface area contributed by atoms with Crippen LogP contribution in [0.1, 0.15) is 11.1 Å². The van der Waals surface area contributed by atoms with Crippen molar-refractivity contribution in [1.29, 1.82) is 5.41 Å². The summed E-state index contributed by atoms with van der Waals surface area (Å²) in [4.78, 5) is 3.27. The van der Waals surface area contributed by atoms with Crippen LogP contribution < -0.4 is 10.5 Å². The number of hydrogen-bond acceptors (Lipinski definition) is 4. The summed E-state index contributed by atoms with van der Waals surface area (Å²) in [6.07, 6.45) is 2.00. The quantitative estimate of drug-likeness (QED) is 0.565. The third-order valence-corrected chi connectivity index (χ3v) is 4.09. The maximum absolute atomic E-state index is 13.0. The molecule has 0 atom stereocenters. The van der Waals surface area contributed by atoms with Crippen molar-refractivity contribution in [3.63, 3.8) is 0 Å². The Hall–Kier alpha value is -2.32. The number of nitrogens with one attached hydrogen (secondary N) is 2. The number of rotatable bonds is 5. The molecule has 2 aromatic rings. The van der Waals surface area contributed by atoms with E-state index in [1.807, 2.05) is 0 Å². The Morgan fingerprint density at radius 3 is 2.52 bits per heavy atom. The molecule has 0 aliphatic rings. The predicted molar refractivity (Wildman–Crippen MR) is 75.7 cm³/mol. The van der Waals surface area contributed by atoms with Gasteiger partial charge in [0.2, 0.25) is 10.0 Å². The second-order valence-corrected chi connectivity index (χ2v) is 6.04. The van der Waals surface area contributed by atoms with Crippen molar-refractivity contribution in [1.82, 2.24) is 9.71 Å². The van der Waals surface area contributed by atoms with Crippen molar-refractivity contribution in [2.45, 2.75) is 11.4 Å². The minimum absolute atomic E-state index is 0.0387. The van der Waals surface area contributed by atoms with E-state index in [1.165, 1.54) is 0 Å². The number of aromatic nitrogens is 1. The fourth-order valence-corrected chi connectivity index (χ4v) is 2.59. The molecule has 0 fully saturated rings. The summed E-state index contributed by atoms with van der Waals surface area (Å²) in [5.74, 6) is -0.781. The molecule has 0 amide bonds. The van der Waals surface area contributed by atoms with Gasteiger partial charge in [-0.3, -0.25) is 10.4 Å². The van der Waals surface area contributed by atoms with Crippen molar-refractivity contribution in [2.24, 2.45) is 5.73 Å². The van der Waals surface area contributed by atoms with Crippen LogP contribution in [0.4, 0.5) is 4.39 Å². The molecule has 0 saturated carbocycles. The van der Waals surface area contributed by atoms with Gasteiger partial charge in [-0.15, -0.1) is 0 Å². The number of nitrogens with two attached hydrogens (primary N) is 1. The largest absolute Gasteiger partial charge is 0.384 e. The van der Waals surface area contributed by atoms with Crippen molar-refractivity contribution >= 4 is 15.9 Å². The van der Waals surface area contributed by atoms with E-state index in [2.05, 4.69) is 9.71 Å². The van der Waals surface area contributed by atoms with Gasteiger partial charge in [-0.2, -0.15) is 0 Å². The summed E-state index contributed by atoms with van der Waals surface area (Å²) in [5.41, 5.74) is 6.57. The number of nitrogen functional groups attached to an aromatic ring is 1. The van der Waals surface area contributed by atoms with Crippen LogP contribution in [0.5, 0.6) is 0 Å². The van der Waals surface area contributed by atoms with E-state index in [-0.39, 0.29) is 17.3 Å². The van der Waals surface area contributed by atoms with E-state index >= 15 is 0 Å². The van der Waals surface area contributed by atoms with Gasteiger partial charge in [-0.25, -0.2) is 17.5 Å². The molecule has 0 radical (unpaired) electrons. The summed E-state index contributed by atoms with van der Waals surface area (Å²) in [7, 11) is -3.83. The fraction of sp³-hybridized carbons (Fsp3) is 0.0769. The van der Waals surface area contributed by atoms with Crippen molar-refractivity contribution in [3.05, 3.63) is 59.7 Å². The molecule has 0 aliphatic carbocycles. The van der Waals surface area contributed by atoms with Gasteiger partial charge in [0, 0.05) is 18.3 Å². The van der Waals surface area contributed by atoms with Crippen LogP contribution in [0.15, 0.2) is 47.6 Å². The van der Waals surface area contributed by atoms with Crippen LogP contribution in [-0.4, -0.2) is 19.2 Å². The van der Waals surface area contributed by atoms with E-state index in [4.69, 9.17) is 11.1 Å². The third kappa shape index (κ3) is 3.83. The van der Waals surface area contributed by atoms with Gasteiger partial charge in [0.05, 0.1) is 6.20 Å². The molecule has 21 heavy (non-hydrogen) atoms. The van der Waals surface area contributed by atoms with Crippen molar-refractivity contribution in [3.8, 4) is 0 Å². The first-order valence-corrected chi connectivity index (χ1v) is 7.40. The van der Waals surface area contributed by atoms with E-state index in [9.17, 15) is 12.8 Å². The highest BCUT2D eigenvalue weighted by atomic mass is 32.2. The molecule has 1 aromatic heterocycles. The first kappa shape index (κ1) is 15.1. The molecule has 0 aliphatic heterocycles. The molecule has 0 saturated heterocycles. The summed E-state index contributed by atoms with van der Waals surface area (Å²) in [6.45, 7) is 0.0387. The average molecular weight is 308 g/mol. The van der Waals surface area contributed by atoms with Crippen LogP contribution in [0.3, 0.4) is 0 Å². The number of hydrogen-bond donors (Lipinski definition) is 3. The van der Waals surface area contributed by atoms with Crippen LogP contribution in [0.2, 0.25) is 0 Å². The molecule has 6 nitrogen and oxygen atoms in total. The Morgan fingerprint density at radius 2 is 1.95 bits per heavy atom. The number of pyridine rings is 1. The Labute approximate surface area is 121 Å². The van der Waals surface area contributed by atoms with Crippen molar-refractivity contribution < 1.29 is 12.8 Å². The lowest BCUT2D eigenvalue weighted by atomic mass is 10.1. The number of amidine groups is 1. The maximum Gasteiger partial charge on any atom is 0.242 e. The van der Waals surface area contributed by atoms with Gasteiger partial charge in [0.25, 0.3) is 0 Å². The Morgan fingerprint density at radius 1 is 1.29 bits per heavy atom. The van der Waals surface area contributed by atoms with Gasteiger partial charge in [0.1, 0.15) is 16.5 Å².